The Labute approximate surface area is 98.9 Å². The minimum Gasteiger partial charge on any atom is -0.379 e. The Morgan fingerprint density at radius 2 is 2.12 bits per heavy atom. The summed E-state index contributed by atoms with van der Waals surface area (Å²) in [7, 11) is 1.58. The molecule has 1 aromatic carbocycles. The summed E-state index contributed by atoms with van der Waals surface area (Å²) in [6.45, 7) is 0. The number of benzene rings is 1. The number of hydrazine groups is 1. The third-order valence-corrected chi connectivity index (χ3v) is 3.16. The molecule has 3 N–H and O–H groups in total. The van der Waals surface area contributed by atoms with Crippen LogP contribution in [0.2, 0.25) is 0 Å². The van der Waals surface area contributed by atoms with Crippen molar-refractivity contribution < 1.29 is 13.5 Å². The molecular formula is C12H16F2N2O. The van der Waals surface area contributed by atoms with E-state index in [4.69, 9.17) is 10.6 Å². The van der Waals surface area contributed by atoms with Crippen molar-refractivity contribution in [2.24, 2.45) is 11.8 Å². The van der Waals surface area contributed by atoms with Gasteiger partial charge in [0.2, 0.25) is 0 Å². The third kappa shape index (κ3) is 2.62. The molecule has 2 atom stereocenters. The van der Waals surface area contributed by atoms with Gasteiger partial charge >= 0.3 is 0 Å². The van der Waals surface area contributed by atoms with Crippen molar-refractivity contribution in [1.82, 2.24) is 5.43 Å². The van der Waals surface area contributed by atoms with Gasteiger partial charge in [-0.15, -0.1) is 0 Å². The Hall–Kier alpha value is -1.04. The quantitative estimate of drug-likeness (QED) is 0.612. The Balaban J connectivity index is 2.26. The predicted molar refractivity (Wildman–Crippen MR) is 59.9 cm³/mol. The Kier molecular flexibility index (Phi) is 3.71. The Morgan fingerprint density at radius 1 is 1.41 bits per heavy atom. The Bertz CT molecular complexity index is 396. The summed E-state index contributed by atoms with van der Waals surface area (Å²) in [5, 5.41) is 0. The van der Waals surface area contributed by atoms with E-state index >= 15 is 0 Å². The lowest BCUT2D eigenvalue weighted by atomic mass is 9.98. The van der Waals surface area contributed by atoms with Crippen LogP contribution in [0.15, 0.2) is 18.2 Å². The summed E-state index contributed by atoms with van der Waals surface area (Å²) < 4.78 is 31.9. The zero-order valence-corrected chi connectivity index (χ0v) is 9.62. The van der Waals surface area contributed by atoms with Crippen molar-refractivity contribution in [2.75, 3.05) is 7.11 Å². The van der Waals surface area contributed by atoms with Crippen LogP contribution in [0.1, 0.15) is 24.4 Å². The van der Waals surface area contributed by atoms with E-state index < -0.39 is 17.7 Å². The van der Waals surface area contributed by atoms with Gasteiger partial charge in [0.1, 0.15) is 11.6 Å². The van der Waals surface area contributed by atoms with Crippen molar-refractivity contribution in [3.63, 3.8) is 0 Å². The number of nitrogens with one attached hydrogen (secondary N) is 1. The largest absolute Gasteiger partial charge is 0.379 e. The summed E-state index contributed by atoms with van der Waals surface area (Å²) in [5.74, 6) is 4.66. The second-order valence-electron chi connectivity index (χ2n) is 4.35. The van der Waals surface area contributed by atoms with Gasteiger partial charge in [-0.1, -0.05) is 6.07 Å². The molecule has 0 radical (unpaired) electrons. The molecule has 0 spiro atoms. The predicted octanol–water partition coefficient (Wildman–Crippen LogP) is 1.89. The van der Waals surface area contributed by atoms with Crippen molar-refractivity contribution in [1.29, 1.82) is 0 Å². The van der Waals surface area contributed by atoms with Crippen LogP contribution in [-0.4, -0.2) is 13.2 Å². The standard InChI is InChI=1S/C12H16F2N2O/c1-17-12(7-2-3-7)11(16-15)9-5-4-8(13)6-10(9)14/h4-7,11-12,16H,2-3,15H2,1H3. The number of hydrogen-bond donors (Lipinski definition) is 2. The maximum Gasteiger partial charge on any atom is 0.131 e. The maximum atomic E-state index is 13.7. The van der Waals surface area contributed by atoms with Gasteiger partial charge in [-0.05, 0) is 24.8 Å². The highest BCUT2D eigenvalue weighted by molar-refractivity contribution is 5.23. The first kappa shape index (κ1) is 12.4. The fourth-order valence-electron chi connectivity index (χ4n) is 2.14. The van der Waals surface area contributed by atoms with E-state index in [2.05, 4.69) is 5.43 Å². The number of ether oxygens (including phenoxy) is 1. The second kappa shape index (κ2) is 5.08. The van der Waals surface area contributed by atoms with Crippen LogP contribution in [0.4, 0.5) is 8.78 Å². The van der Waals surface area contributed by atoms with E-state index in [0.29, 0.717) is 11.5 Å². The average Bonchev–Trinajstić information content (AvgIpc) is 3.11. The molecule has 2 unspecified atom stereocenters. The lowest BCUT2D eigenvalue weighted by Gasteiger charge is -2.26. The molecule has 2 rings (SSSR count). The molecule has 0 bridgehead atoms. The minimum atomic E-state index is -0.601. The average molecular weight is 242 g/mol. The normalized spacial score (nSPS) is 19.1. The first-order chi connectivity index (χ1) is 8.17. The summed E-state index contributed by atoms with van der Waals surface area (Å²) in [6.07, 6.45) is 1.93. The van der Waals surface area contributed by atoms with Crippen molar-refractivity contribution >= 4 is 0 Å². The molecule has 1 aromatic rings. The summed E-state index contributed by atoms with van der Waals surface area (Å²) in [6, 6.07) is 3.04. The Morgan fingerprint density at radius 3 is 2.59 bits per heavy atom. The van der Waals surface area contributed by atoms with Crippen LogP contribution in [0, 0.1) is 17.6 Å². The molecule has 17 heavy (non-hydrogen) atoms. The highest BCUT2D eigenvalue weighted by atomic mass is 19.1. The molecule has 1 aliphatic rings. The molecular weight excluding hydrogens is 226 g/mol. The van der Waals surface area contributed by atoms with Crippen LogP contribution < -0.4 is 11.3 Å². The molecule has 5 heteroatoms. The molecule has 0 saturated heterocycles. The third-order valence-electron chi connectivity index (χ3n) is 3.16. The number of rotatable bonds is 5. The molecule has 0 aromatic heterocycles. The van der Waals surface area contributed by atoms with Crippen molar-refractivity contribution in [3.8, 4) is 0 Å². The van der Waals surface area contributed by atoms with Gasteiger partial charge in [0.25, 0.3) is 0 Å². The van der Waals surface area contributed by atoms with Crippen LogP contribution in [0.3, 0.4) is 0 Å². The van der Waals surface area contributed by atoms with Crippen LogP contribution >= 0.6 is 0 Å². The van der Waals surface area contributed by atoms with E-state index in [-0.39, 0.29) is 6.10 Å². The molecule has 3 nitrogen and oxygen atoms in total. The molecule has 1 fully saturated rings. The van der Waals surface area contributed by atoms with Crippen molar-refractivity contribution in [2.45, 2.75) is 25.0 Å². The zero-order valence-electron chi connectivity index (χ0n) is 9.62. The van der Waals surface area contributed by atoms with E-state index in [1.54, 1.807) is 7.11 Å². The lowest BCUT2D eigenvalue weighted by molar-refractivity contribution is 0.0495. The van der Waals surface area contributed by atoms with Crippen LogP contribution in [0.25, 0.3) is 0 Å². The van der Waals surface area contributed by atoms with Crippen molar-refractivity contribution in [3.05, 3.63) is 35.4 Å². The second-order valence-corrected chi connectivity index (χ2v) is 4.35. The van der Waals surface area contributed by atoms with E-state index in [1.807, 2.05) is 0 Å². The number of hydrogen-bond acceptors (Lipinski definition) is 3. The summed E-state index contributed by atoms with van der Waals surface area (Å²) in [5.41, 5.74) is 2.90. The monoisotopic (exact) mass is 242 g/mol. The highest BCUT2D eigenvalue weighted by Crippen LogP contribution is 2.39. The number of methoxy groups -OCH3 is 1. The van der Waals surface area contributed by atoms with Crippen LogP contribution in [-0.2, 0) is 4.74 Å². The number of halogens is 2. The highest BCUT2D eigenvalue weighted by Gasteiger charge is 2.38. The molecule has 1 aliphatic carbocycles. The molecule has 1 saturated carbocycles. The smallest absolute Gasteiger partial charge is 0.131 e. The zero-order chi connectivity index (χ0) is 12.4. The first-order valence-electron chi connectivity index (χ1n) is 5.61. The molecule has 94 valence electrons. The SMILES string of the molecule is COC(C1CC1)C(NN)c1ccc(F)cc1F. The summed E-state index contributed by atoms with van der Waals surface area (Å²) >= 11 is 0. The van der Waals surface area contributed by atoms with Gasteiger partial charge in [0, 0.05) is 18.7 Å². The van der Waals surface area contributed by atoms with E-state index in [9.17, 15) is 8.78 Å². The fraction of sp³-hybridized carbons (Fsp3) is 0.500. The first-order valence-corrected chi connectivity index (χ1v) is 5.61. The number of nitrogens with two attached hydrogens (primary N) is 1. The molecule has 0 amide bonds. The van der Waals surface area contributed by atoms with E-state index in [0.717, 1.165) is 18.9 Å². The van der Waals surface area contributed by atoms with Gasteiger partial charge in [-0.3, -0.25) is 11.3 Å². The van der Waals surface area contributed by atoms with Crippen LogP contribution in [0.5, 0.6) is 0 Å². The maximum absolute atomic E-state index is 13.7. The topological polar surface area (TPSA) is 47.3 Å². The van der Waals surface area contributed by atoms with Gasteiger partial charge in [-0.25, -0.2) is 8.78 Å². The minimum absolute atomic E-state index is 0.181. The summed E-state index contributed by atoms with van der Waals surface area (Å²) in [4.78, 5) is 0. The van der Waals surface area contributed by atoms with Gasteiger partial charge < -0.3 is 4.74 Å². The molecule has 0 aliphatic heterocycles. The van der Waals surface area contributed by atoms with E-state index in [1.165, 1.54) is 12.1 Å². The van der Waals surface area contributed by atoms with Gasteiger partial charge in [0.15, 0.2) is 0 Å². The lowest BCUT2D eigenvalue weighted by Crippen LogP contribution is -2.39. The van der Waals surface area contributed by atoms with Gasteiger partial charge in [-0.2, -0.15) is 0 Å². The molecule has 0 heterocycles. The fourth-order valence-corrected chi connectivity index (χ4v) is 2.14. The van der Waals surface area contributed by atoms with Gasteiger partial charge in [0.05, 0.1) is 12.1 Å².